The number of carboxylic acids is 1. The predicted octanol–water partition coefficient (Wildman–Crippen LogP) is 3.05. The fraction of sp³-hybridized carbons (Fsp3) is 0.250. The number of hydrogen-bond acceptors (Lipinski definition) is 5. The molecule has 0 saturated carbocycles. The first kappa shape index (κ1) is 16.2. The summed E-state index contributed by atoms with van der Waals surface area (Å²) in [5.41, 5.74) is 2.33. The van der Waals surface area contributed by atoms with Gasteiger partial charge in [0.2, 0.25) is 5.28 Å². The molecule has 2 heterocycles. The van der Waals surface area contributed by atoms with Crippen LogP contribution in [0.15, 0.2) is 30.6 Å². The summed E-state index contributed by atoms with van der Waals surface area (Å²) >= 11 is 6.02. The molecule has 3 rings (SSSR count). The zero-order valence-electron chi connectivity index (χ0n) is 13.0. The molecule has 7 nitrogen and oxygen atoms in total. The molecule has 0 fully saturated rings. The van der Waals surface area contributed by atoms with E-state index >= 15 is 0 Å². The molecule has 0 aliphatic heterocycles. The second-order valence-electron chi connectivity index (χ2n) is 5.32. The highest BCUT2D eigenvalue weighted by molar-refractivity contribution is 6.28. The molecule has 8 heteroatoms. The van der Waals surface area contributed by atoms with Gasteiger partial charge in [-0.2, -0.15) is 9.97 Å². The van der Waals surface area contributed by atoms with E-state index in [1.807, 2.05) is 10.6 Å². The maximum absolute atomic E-state index is 11.1. The van der Waals surface area contributed by atoms with Crippen molar-refractivity contribution < 1.29 is 9.90 Å². The second-order valence-corrected chi connectivity index (χ2v) is 5.66. The molecule has 0 saturated heterocycles. The Labute approximate surface area is 143 Å². The fourth-order valence-electron chi connectivity index (χ4n) is 2.40. The Morgan fingerprint density at radius 3 is 2.96 bits per heavy atom. The molecule has 0 atom stereocenters. The summed E-state index contributed by atoms with van der Waals surface area (Å²) in [6, 6.07) is 6.77. The second kappa shape index (κ2) is 6.84. The monoisotopic (exact) mass is 345 g/mol. The smallest absolute Gasteiger partial charge is 0.335 e. The van der Waals surface area contributed by atoms with E-state index in [-0.39, 0.29) is 10.8 Å². The van der Waals surface area contributed by atoms with E-state index in [1.54, 1.807) is 24.5 Å². The number of benzene rings is 1. The van der Waals surface area contributed by atoms with E-state index in [0.717, 1.165) is 18.5 Å². The summed E-state index contributed by atoms with van der Waals surface area (Å²) in [5.74, 6) is -0.353. The van der Waals surface area contributed by atoms with Crippen LogP contribution in [0.5, 0.6) is 0 Å². The Morgan fingerprint density at radius 1 is 1.38 bits per heavy atom. The van der Waals surface area contributed by atoms with Crippen LogP contribution in [-0.4, -0.2) is 37.1 Å². The minimum absolute atomic E-state index is 0.141. The molecule has 1 aromatic carbocycles. The molecule has 3 aromatic rings. The van der Waals surface area contributed by atoms with E-state index in [4.69, 9.17) is 16.7 Å². The number of rotatable bonds is 6. The predicted molar refractivity (Wildman–Crippen MR) is 91.6 cm³/mol. The quantitative estimate of drug-likeness (QED) is 0.667. The van der Waals surface area contributed by atoms with E-state index in [9.17, 15) is 4.79 Å². The van der Waals surface area contributed by atoms with Gasteiger partial charge in [-0.05, 0) is 35.7 Å². The number of aromatic carboxylic acids is 1. The molecule has 0 spiro atoms. The van der Waals surface area contributed by atoms with Gasteiger partial charge >= 0.3 is 5.97 Å². The first-order chi connectivity index (χ1) is 11.6. The lowest BCUT2D eigenvalue weighted by Crippen LogP contribution is -2.05. The highest BCUT2D eigenvalue weighted by Crippen LogP contribution is 2.21. The van der Waals surface area contributed by atoms with Crippen LogP contribution in [0.25, 0.3) is 11.2 Å². The van der Waals surface area contributed by atoms with Gasteiger partial charge in [-0.15, -0.1) is 0 Å². The maximum atomic E-state index is 11.1. The number of nitrogens with one attached hydrogen (secondary N) is 1. The third-order valence-corrected chi connectivity index (χ3v) is 3.67. The number of nitrogens with zero attached hydrogens (tertiary/aromatic N) is 4. The standard InChI is InChI=1S/C16H16ClN5O2/c1-2-6-18-13-12-14(21-16(17)20-13)22(9-19-12)8-10-4-3-5-11(7-10)15(23)24/h3-5,7,9H,2,6,8H2,1H3,(H,23,24)(H,18,20,21). The summed E-state index contributed by atoms with van der Waals surface area (Å²) in [6.07, 6.45) is 2.60. The van der Waals surface area contributed by atoms with Gasteiger partial charge in [0.1, 0.15) is 0 Å². The Balaban J connectivity index is 1.97. The van der Waals surface area contributed by atoms with Crippen molar-refractivity contribution in [3.05, 3.63) is 47.0 Å². The third kappa shape index (κ3) is 3.30. The zero-order chi connectivity index (χ0) is 17.1. The molecule has 24 heavy (non-hydrogen) atoms. The van der Waals surface area contributed by atoms with Crippen molar-refractivity contribution in [1.82, 2.24) is 19.5 Å². The van der Waals surface area contributed by atoms with E-state index < -0.39 is 5.97 Å². The molecule has 0 aliphatic rings. The average Bonchev–Trinajstić information content (AvgIpc) is 2.95. The van der Waals surface area contributed by atoms with Gasteiger partial charge in [-0.25, -0.2) is 9.78 Å². The Hall–Kier alpha value is -2.67. The molecule has 0 aliphatic carbocycles. The lowest BCUT2D eigenvalue weighted by Gasteiger charge is -2.07. The minimum atomic E-state index is -0.955. The van der Waals surface area contributed by atoms with Crippen LogP contribution in [0.2, 0.25) is 5.28 Å². The van der Waals surface area contributed by atoms with Gasteiger partial charge in [0.25, 0.3) is 0 Å². The Morgan fingerprint density at radius 2 is 2.21 bits per heavy atom. The topological polar surface area (TPSA) is 92.9 Å². The molecule has 2 aromatic heterocycles. The van der Waals surface area contributed by atoms with Crippen molar-refractivity contribution in [2.75, 3.05) is 11.9 Å². The fourth-order valence-corrected chi connectivity index (χ4v) is 2.56. The van der Waals surface area contributed by atoms with Crippen LogP contribution in [0.3, 0.4) is 0 Å². The number of halogens is 1. The summed E-state index contributed by atoms with van der Waals surface area (Å²) in [6.45, 7) is 3.26. The zero-order valence-corrected chi connectivity index (χ0v) is 13.8. The SMILES string of the molecule is CCCNc1nc(Cl)nc2c1ncn2Cc1cccc(C(=O)O)c1. The Kier molecular flexibility index (Phi) is 4.61. The summed E-state index contributed by atoms with van der Waals surface area (Å²) in [7, 11) is 0. The number of fused-ring (bicyclic) bond motifs is 1. The molecule has 0 radical (unpaired) electrons. The number of hydrogen-bond donors (Lipinski definition) is 2. The normalized spacial score (nSPS) is 10.9. The van der Waals surface area contributed by atoms with Crippen LogP contribution < -0.4 is 5.32 Å². The highest BCUT2D eigenvalue weighted by atomic mass is 35.5. The number of carboxylic acid groups (broad SMARTS) is 1. The van der Waals surface area contributed by atoms with Gasteiger partial charge in [0.15, 0.2) is 17.0 Å². The third-order valence-electron chi connectivity index (χ3n) is 3.51. The van der Waals surface area contributed by atoms with E-state index in [2.05, 4.69) is 27.2 Å². The van der Waals surface area contributed by atoms with Crippen LogP contribution in [0.4, 0.5) is 5.82 Å². The minimum Gasteiger partial charge on any atom is -0.478 e. The van der Waals surface area contributed by atoms with Gasteiger partial charge in [-0.3, -0.25) is 0 Å². The lowest BCUT2D eigenvalue weighted by molar-refractivity contribution is 0.0696. The van der Waals surface area contributed by atoms with Crippen molar-refractivity contribution in [1.29, 1.82) is 0 Å². The number of aromatic nitrogens is 4. The van der Waals surface area contributed by atoms with Gasteiger partial charge in [0, 0.05) is 6.54 Å². The number of anilines is 1. The number of imidazole rings is 1. The van der Waals surface area contributed by atoms with Crippen LogP contribution in [-0.2, 0) is 6.54 Å². The highest BCUT2D eigenvalue weighted by Gasteiger charge is 2.13. The van der Waals surface area contributed by atoms with Crippen molar-refractivity contribution >= 4 is 34.6 Å². The summed E-state index contributed by atoms with van der Waals surface area (Å²) < 4.78 is 1.82. The molecule has 124 valence electrons. The van der Waals surface area contributed by atoms with E-state index in [1.165, 1.54) is 0 Å². The first-order valence-electron chi connectivity index (χ1n) is 7.53. The van der Waals surface area contributed by atoms with Gasteiger partial charge < -0.3 is 15.0 Å². The summed E-state index contributed by atoms with van der Waals surface area (Å²) in [5, 5.41) is 12.4. The van der Waals surface area contributed by atoms with Gasteiger partial charge in [0.05, 0.1) is 18.4 Å². The van der Waals surface area contributed by atoms with Crippen molar-refractivity contribution in [2.24, 2.45) is 0 Å². The Bertz CT molecular complexity index is 893. The maximum Gasteiger partial charge on any atom is 0.335 e. The van der Waals surface area contributed by atoms with Crippen molar-refractivity contribution in [3.8, 4) is 0 Å². The van der Waals surface area contributed by atoms with Crippen LogP contribution in [0, 0.1) is 0 Å². The summed E-state index contributed by atoms with van der Waals surface area (Å²) in [4.78, 5) is 23.9. The molecule has 2 N–H and O–H groups in total. The largest absolute Gasteiger partial charge is 0.478 e. The molecular weight excluding hydrogens is 330 g/mol. The molecular formula is C16H16ClN5O2. The van der Waals surface area contributed by atoms with Crippen molar-refractivity contribution in [3.63, 3.8) is 0 Å². The van der Waals surface area contributed by atoms with Crippen LogP contribution in [0.1, 0.15) is 29.3 Å². The van der Waals surface area contributed by atoms with Gasteiger partial charge in [-0.1, -0.05) is 19.1 Å². The average molecular weight is 346 g/mol. The molecule has 0 bridgehead atoms. The van der Waals surface area contributed by atoms with E-state index in [0.29, 0.717) is 23.5 Å². The van der Waals surface area contributed by atoms with Crippen LogP contribution >= 0.6 is 11.6 Å². The number of carbonyl (C=O) groups is 1. The first-order valence-corrected chi connectivity index (χ1v) is 7.90. The van der Waals surface area contributed by atoms with Crippen molar-refractivity contribution in [2.45, 2.75) is 19.9 Å². The molecule has 0 unspecified atom stereocenters. The lowest BCUT2D eigenvalue weighted by atomic mass is 10.1. The molecule has 0 amide bonds.